The quantitative estimate of drug-likeness (QED) is 0.777. The highest BCUT2D eigenvalue weighted by molar-refractivity contribution is 5.02. The Morgan fingerprint density at radius 3 is 3.08 bits per heavy atom. The van der Waals surface area contributed by atoms with E-state index in [4.69, 9.17) is 0 Å². The summed E-state index contributed by atoms with van der Waals surface area (Å²) in [5.41, 5.74) is -0.0682. The summed E-state index contributed by atoms with van der Waals surface area (Å²) in [5.74, 6) is 0. The van der Waals surface area contributed by atoms with E-state index < -0.39 is 6.17 Å². The van der Waals surface area contributed by atoms with E-state index in [0.717, 1.165) is 12.8 Å². The Morgan fingerprint density at radius 2 is 2.46 bits per heavy atom. The Labute approximate surface area is 76.0 Å². The maximum absolute atomic E-state index is 13.3. The highest BCUT2D eigenvalue weighted by Gasteiger charge is 2.10. The van der Waals surface area contributed by atoms with E-state index in [2.05, 4.69) is 9.97 Å². The number of alkyl halides is 1. The second-order valence-corrected chi connectivity index (χ2v) is 2.95. The van der Waals surface area contributed by atoms with Crippen LogP contribution in [-0.2, 0) is 0 Å². The summed E-state index contributed by atoms with van der Waals surface area (Å²) in [6.07, 6.45) is 2.32. The van der Waals surface area contributed by atoms with Crippen molar-refractivity contribution in [3.8, 4) is 0 Å². The molecule has 1 aromatic rings. The fraction of sp³-hybridized carbons (Fsp3) is 0.556. The van der Waals surface area contributed by atoms with E-state index >= 15 is 0 Å². The summed E-state index contributed by atoms with van der Waals surface area (Å²) in [5, 5.41) is 0. The van der Waals surface area contributed by atoms with Crippen molar-refractivity contribution in [3.05, 3.63) is 28.4 Å². The van der Waals surface area contributed by atoms with E-state index in [1.54, 1.807) is 0 Å². The maximum Gasteiger partial charge on any atom is 0.251 e. The van der Waals surface area contributed by atoms with Crippen molar-refractivity contribution in [2.75, 3.05) is 0 Å². The Morgan fingerprint density at radius 1 is 1.69 bits per heavy atom. The summed E-state index contributed by atoms with van der Waals surface area (Å²) in [4.78, 5) is 16.9. The minimum atomic E-state index is -1.11. The fourth-order valence-corrected chi connectivity index (χ4v) is 1.09. The molecule has 0 saturated heterocycles. The molecule has 1 N–H and O–H groups in total. The van der Waals surface area contributed by atoms with Gasteiger partial charge in [-0.2, -0.15) is 0 Å². The van der Waals surface area contributed by atoms with Crippen molar-refractivity contribution in [1.29, 1.82) is 0 Å². The lowest BCUT2D eigenvalue weighted by molar-refractivity contribution is 0.308. The maximum atomic E-state index is 13.3. The second-order valence-electron chi connectivity index (χ2n) is 2.95. The number of hydrogen-bond acceptors (Lipinski definition) is 2. The minimum absolute atomic E-state index is 0.234. The van der Waals surface area contributed by atoms with E-state index in [9.17, 15) is 9.18 Å². The number of halogens is 1. The van der Waals surface area contributed by atoms with Crippen LogP contribution in [0, 0.1) is 0 Å². The number of aromatic nitrogens is 2. The first kappa shape index (κ1) is 9.89. The van der Waals surface area contributed by atoms with Crippen LogP contribution < -0.4 is 5.56 Å². The molecule has 0 radical (unpaired) electrons. The molecule has 0 aliphatic carbocycles. The third-order valence-corrected chi connectivity index (χ3v) is 1.83. The molecule has 72 valence electrons. The smallest absolute Gasteiger partial charge is 0.251 e. The van der Waals surface area contributed by atoms with Gasteiger partial charge in [-0.3, -0.25) is 4.79 Å². The molecular weight excluding hydrogens is 171 g/mol. The normalized spacial score (nSPS) is 12.8. The summed E-state index contributed by atoms with van der Waals surface area (Å²) in [6.45, 7) is 2.00. The van der Waals surface area contributed by atoms with Crippen LogP contribution in [0.2, 0.25) is 0 Å². The number of aromatic amines is 1. The van der Waals surface area contributed by atoms with Crippen LogP contribution in [0.3, 0.4) is 0 Å². The van der Waals surface area contributed by atoms with Crippen LogP contribution in [-0.4, -0.2) is 9.97 Å². The average Bonchev–Trinajstić information content (AvgIpc) is 2.14. The van der Waals surface area contributed by atoms with Gasteiger partial charge >= 0.3 is 0 Å². The van der Waals surface area contributed by atoms with Gasteiger partial charge in [-0.1, -0.05) is 19.8 Å². The van der Waals surface area contributed by atoms with Gasteiger partial charge in [-0.15, -0.1) is 0 Å². The van der Waals surface area contributed by atoms with Crippen LogP contribution in [0.4, 0.5) is 4.39 Å². The van der Waals surface area contributed by atoms with Crippen molar-refractivity contribution < 1.29 is 4.39 Å². The first-order valence-corrected chi connectivity index (χ1v) is 4.42. The van der Waals surface area contributed by atoms with E-state index in [1.807, 2.05) is 6.92 Å². The Bertz CT molecular complexity index is 310. The molecule has 0 saturated carbocycles. The van der Waals surface area contributed by atoms with Gasteiger partial charge in [0, 0.05) is 6.07 Å². The van der Waals surface area contributed by atoms with Crippen LogP contribution in [0.5, 0.6) is 0 Å². The number of H-pyrrole nitrogens is 1. The second kappa shape index (κ2) is 4.74. The molecule has 4 heteroatoms. The van der Waals surface area contributed by atoms with Crippen molar-refractivity contribution in [2.24, 2.45) is 0 Å². The van der Waals surface area contributed by atoms with Gasteiger partial charge in [0.05, 0.1) is 12.0 Å². The van der Waals surface area contributed by atoms with E-state index in [1.165, 1.54) is 12.4 Å². The molecule has 1 atom stereocenters. The molecule has 0 amide bonds. The summed E-state index contributed by atoms with van der Waals surface area (Å²) in [7, 11) is 0. The Balaban J connectivity index is 2.65. The Kier molecular flexibility index (Phi) is 3.61. The third-order valence-electron chi connectivity index (χ3n) is 1.83. The fourth-order valence-electron chi connectivity index (χ4n) is 1.09. The molecule has 0 aromatic carbocycles. The highest BCUT2D eigenvalue weighted by Crippen LogP contribution is 2.19. The lowest BCUT2D eigenvalue weighted by Gasteiger charge is -2.04. The molecule has 1 heterocycles. The van der Waals surface area contributed by atoms with Gasteiger partial charge in [-0.25, -0.2) is 9.37 Å². The van der Waals surface area contributed by atoms with E-state index in [-0.39, 0.29) is 11.3 Å². The largest absolute Gasteiger partial charge is 0.313 e. The van der Waals surface area contributed by atoms with Gasteiger partial charge in [-0.05, 0) is 6.42 Å². The third kappa shape index (κ3) is 2.97. The summed E-state index contributed by atoms with van der Waals surface area (Å²) < 4.78 is 13.3. The van der Waals surface area contributed by atoms with Crippen LogP contribution in [0.25, 0.3) is 0 Å². The van der Waals surface area contributed by atoms with Crippen LogP contribution in [0.15, 0.2) is 17.2 Å². The topological polar surface area (TPSA) is 45.8 Å². The monoisotopic (exact) mass is 184 g/mol. The average molecular weight is 184 g/mol. The molecule has 0 bridgehead atoms. The van der Waals surface area contributed by atoms with E-state index in [0.29, 0.717) is 6.42 Å². The predicted molar refractivity (Wildman–Crippen MR) is 48.2 cm³/mol. The van der Waals surface area contributed by atoms with Crippen molar-refractivity contribution in [3.63, 3.8) is 0 Å². The van der Waals surface area contributed by atoms with Gasteiger partial charge in [0.25, 0.3) is 5.56 Å². The SMILES string of the molecule is CCCCC(F)c1cc(=O)[nH]cn1. The lowest BCUT2D eigenvalue weighted by Crippen LogP contribution is -2.08. The molecule has 3 nitrogen and oxygen atoms in total. The summed E-state index contributed by atoms with van der Waals surface area (Å²) in [6, 6.07) is 1.21. The molecule has 1 aromatic heterocycles. The summed E-state index contributed by atoms with van der Waals surface area (Å²) >= 11 is 0. The van der Waals surface area contributed by atoms with Crippen LogP contribution >= 0.6 is 0 Å². The zero-order chi connectivity index (χ0) is 9.68. The number of nitrogens with zero attached hydrogens (tertiary/aromatic N) is 1. The van der Waals surface area contributed by atoms with Crippen molar-refractivity contribution in [1.82, 2.24) is 9.97 Å². The predicted octanol–water partition coefficient (Wildman–Crippen LogP) is 1.97. The van der Waals surface area contributed by atoms with Gasteiger partial charge in [0.1, 0.15) is 6.17 Å². The molecule has 1 unspecified atom stereocenters. The zero-order valence-corrected chi connectivity index (χ0v) is 7.59. The van der Waals surface area contributed by atoms with Gasteiger partial charge in [0.2, 0.25) is 0 Å². The molecule has 0 spiro atoms. The number of hydrogen-bond donors (Lipinski definition) is 1. The first-order valence-electron chi connectivity index (χ1n) is 4.42. The Hall–Kier alpha value is -1.19. The van der Waals surface area contributed by atoms with Gasteiger partial charge < -0.3 is 4.98 Å². The standard InChI is InChI=1S/C9H13FN2O/c1-2-3-4-7(10)8-5-9(13)12-6-11-8/h5-7H,2-4H2,1H3,(H,11,12,13). The minimum Gasteiger partial charge on any atom is -0.313 e. The molecule has 0 aliphatic rings. The number of unbranched alkanes of at least 4 members (excludes halogenated alkanes) is 1. The van der Waals surface area contributed by atoms with Gasteiger partial charge in [0.15, 0.2) is 0 Å². The molecule has 0 aliphatic heterocycles. The number of nitrogens with one attached hydrogen (secondary N) is 1. The van der Waals surface area contributed by atoms with Crippen molar-refractivity contribution in [2.45, 2.75) is 32.4 Å². The zero-order valence-electron chi connectivity index (χ0n) is 7.59. The lowest BCUT2D eigenvalue weighted by atomic mass is 10.1. The molecule has 1 rings (SSSR count). The highest BCUT2D eigenvalue weighted by atomic mass is 19.1. The van der Waals surface area contributed by atoms with Crippen LogP contribution in [0.1, 0.15) is 38.1 Å². The molecule has 13 heavy (non-hydrogen) atoms. The molecular formula is C9H13FN2O. The van der Waals surface area contributed by atoms with Crippen molar-refractivity contribution >= 4 is 0 Å². The molecule has 0 fully saturated rings. The number of rotatable bonds is 4. The first-order chi connectivity index (χ1) is 6.24.